The van der Waals surface area contributed by atoms with Gasteiger partial charge in [0.05, 0.1) is 0 Å². The zero-order valence-corrected chi connectivity index (χ0v) is 13.6. The average molecular weight is 324 g/mol. The van der Waals surface area contributed by atoms with Crippen molar-refractivity contribution in [2.24, 2.45) is 0 Å². The third-order valence-corrected chi connectivity index (χ3v) is 4.00. The summed E-state index contributed by atoms with van der Waals surface area (Å²) in [5.74, 6) is 0.291. The maximum absolute atomic E-state index is 12.6. The van der Waals surface area contributed by atoms with Crippen molar-refractivity contribution in [3.63, 3.8) is 0 Å². The molecule has 1 saturated heterocycles. The summed E-state index contributed by atoms with van der Waals surface area (Å²) < 4.78 is 5.54. The second kappa shape index (κ2) is 7.17. The van der Waals surface area contributed by atoms with Gasteiger partial charge in [-0.1, -0.05) is 48.0 Å². The molecule has 5 nitrogen and oxygen atoms in total. The molecule has 1 aliphatic rings. The van der Waals surface area contributed by atoms with Crippen LogP contribution in [0.15, 0.2) is 54.6 Å². The zero-order chi connectivity index (χ0) is 16.9. The van der Waals surface area contributed by atoms with E-state index in [1.165, 1.54) is 0 Å². The van der Waals surface area contributed by atoms with Crippen LogP contribution in [0.3, 0.4) is 0 Å². The van der Waals surface area contributed by atoms with Gasteiger partial charge in [-0.15, -0.1) is 0 Å². The molecule has 1 N–H and O–H groups in total. The summed E-state index contributed by atoms with van der Waals surface area (Å²) in [5, 5.41) is 2.84. The van der Waals surface area contributed by atoms with Gasteiger partial charge in [-0.05, 0) is 24.6 Å². The lowest BCUT2D eigenvalue weighted by molar-refractivity contribution is -0.145. The van der Waals surface area contributed by atoms with Gasteiger partial charge in [0, 0.05) is 13.1 Å². The molecule has 2 amide bonds. The van der Waals surface area contributed by atoms with Crippen molar-refractivity contribution in [2.75, 3.05) is 19.7 Å². The van der Waals surface area contributed by atoms with Crippen molar-refractivity contribution < 1.29 is 14.3 Å². The van der Waals surface area contributed by atoms with Crippen molar-refractivity contribution in [3.05, 3.63) is 65.7 Å². The molecule has 1 heterocycles. The number of hydrogen-bond donors (Lipinski definition) is 1. The molecule has 124 valence electrons. The zero-order valence-electron chi connectivity index (χ0n) is 13.6. The van der Waals surface area contributed by atoms with Crippen LogP contribution >= 0.6 is 0 Å². The first-order valence-electron chi connectivity index (χ1n) is 7.97. The molecule has 0 aliphatic carbocycles. The maximum Gasteiger partial charge on any atom is 0.261 e. The fourth-order valence-corrected chi connectivity index (χ4v) is 2.85. The topological polar surface area (TPSA) is 58.6 Å². The van der Waals surface area contributed by atoms with E-state index >= 15 is 0 Å². The molecule has 1 fully saturated rings. The van der Waals surface area contributed by atoms with Crippen molar-refractivity contribution in [3.8, 4) is 5.75 Å². The number of piperazine rings is 1. The van der Waals surface area contributed by atoms with Gasteiger partial charge >= 0.3 is 0 Å². The number of para-hydroxylation sites is 1. The van der Waals surface area contributed by atoms with E-state index in [2.05, 4.69) is 5.32 Å². The molecule has 0 bridgehead atoms. The molecule has 0 radical (unpaired) electrons. The number of rotatable bonds is 4. The number of carbonyl (C=O) groups excluding carboxylic acids is 2. The summed E-state index contributed by atoms with van der Waals surface area (Å²) >= 11 is 0. The predicted octanol–water partition coefficient (Wildman–Crippen LogP) is 2.07. The number of ether oxygens (including phenoxy) is 1. The summed E-state index contributed by atoms with van der Waals surface area (Å²) in [4.78, 5) is 26.5. The van der Waals surface area contributed by atoms with Gasteiger partial charge in [-0.25, -0.2) is 0 Å². The van der Waals surface area contributed by atoms with E-state index in [4.69, 9.17) is 4.74 Å². The fraction of sp³-hybridized carbons (Fsp3) is 0.263. The molecule has 0 spiro atoms. The lowest BCUT2D eigenvalue weighted by Crippen LogP contribution is -2.53. The van der Waals surface area contributed by atoms with Gasteiger partial charge in [0.15, 0.2) is 6.61 Å². The molecular weight excluding hydrogens is 304 g/mol. The number of aryl methyl sites for hydroxylation is 1. The first-order valence-corrected chi connectivity index (χ1v) is 7.97. The Kier molecular flexibility index (Phi) is 4.79. The van der Waals surface area contributed by atoms with Crippen LogP contribution < -0.4 is 10.1 Å². The number of carbonyl (C=O) groups is 2. The molecule has 0 aromatic heterocycles. The molecule has 2 aromatic rings. The fourth-order valence-electron chi connectivity index (χ4n) is 2.85. The normalized spacial score (nSPS) is 17.3. The van der Waals surface area contributed by atoms with Crippen LogP contribution in [0.5, 0.6) is 5.75 Å². The van der Waals surface area contributed by atoms with Gasteiger partial charge in [0.25, 0.3) is 5.91 Å². The van der Waals surface area contributed by atoms with Crippen LogP contribution in [0.4, 0.5) is 0 Å². The number of nitrogens with one attached hydrogen (secondary N) is 1. The Morgan fingerprint density at radius 3 is 2.75 bits per heavy atom. The number of hydrogen-bond acceptors (Lipinski definition) is 3. The third-order valence-electron chi connectivity index (χ3n) is 4.00. The predicted molar refractivity (Wildman–Crippen MR) is 90.6 cm³/mol. The summed E-state index contributed by atoms with van der Waals surface area (Å²) in [6.45, 7) is 2.81. The van der Waals surface area contributed by atoms with E-state index in [9.17, 15) is 9.59 Å². The van der Waals surface area contributed by atoms with Gasteiger partial charge < -0.3 is 15.0 Å². The van der Waals surface area contributed by atoms with E-state index in [0.29, 0.717) is 18.8 Å². The first-order chi connectivity index (χ1) is 11.6. The van der Waals surface area contributed by atoms with Crippen molar-refractivity contribution in [1.29, 1.82) is 0 Å². The molecule has 24 heavy (non-hydrogen) atoms. The molecule has 1 aliphatic heterocycles. The summed E-state index contributed by atoms with van der Waals surface area (Å²) in [6.07, 6.45) is 0. The van der Waals surface area contributed by atoms with Crippen LogP contribution in [0.2, 0.25) is 0 Å². The van der Waals surface area contributed by atoms with Crippen LogP contribution in [-0.4, -0.2) is 36.4 Å². The van der Waals surface area contributed by atoms with E-state index in [1.807, 2.05) is 49.4 Å². The maximum atomic E-state index is 12.6. The van der Waals surface area contributed by atoms with Crippen molar-refractivity contribution in [2.45, 2.75) is 13.0 Å². The molecular formula is C19H20N2O3. The standard InChI is InChI=1S/C19H20N2O3/c1-14-6-5-7-15(12-14)18-19(23)20-10-11-21(18)17(22)13-24-16-8-3-2-4-9-16/h2-9,12,18H,10-11,13H2,1H3,(H,20,23). The Bertz CT molecular complexity index is 730. The van der Waals surface area contributed by atoms with E-state index in [-0.39, 0.29) is 18.4 Å². The van der Waals surface area contributed by atoms with Crippen LogP contribution in [0, 0.1) is 6.92 Å². The highest BCUT2D eigenvalue weighted by molar-refractivity contribution is 5.90. The lowest BCUT2D eigenvalue weighted by Gasteiger charge is -2.35. The number of amides is 2. The highest BCUT2D eigenvalue weighted by atomic mass is 16.5. The van der Waals surface area contributed by atoms with Crippen LogP contribution in [0.1, 0.15) is 17.2 Å². The minimum atomic E-state index is -0.606. The van der Waals surface area contributed by atoms with Crippen molar-refractivity contribution in [1.82, 2.24) is 10.2 Å². The average Bonchev–Trinajstić information content (AvgIpc) is 2.60. The molecule has 3 rings (SSSR count). The minimum absolute atomic E-state index is 0.0837. The minimum Gasteiger partial charge on any atom is -0.484 e. The Morgan fingerprint density at radius 1 is 1.21 bits per heavy atom. The van der Waals surface area contributed by atoms with Crippen LogP contribution in [-0.2, 0) is 9.59 Å². The second-order valence-corrected chi connectivity index (χ2v) is 5.80. The third kappa shape index (κ3) is 3.56. The monoisotopic (exact) mass is 324 g/mol. The number of benzene rings is 2. The molecule has 1 atom stereocenters. The lowest BCUT2D eigenvalue weighted by atomic mass is 10.0. The largest absolute Gasteiger partial charge is 0.484 e. The highest BCUT2D eigenvalue weighted by Gasteiger charge is 2.34. The van der Waals surface area contributed by atoms with Gasteiger partial charge in [-0.3, -0.25) is 9.59 Å². The molecule has 5 heteroatoms. The van der Waals surface area contributed by atoms with E-state index in [1.54, 1.807) is 17.0 Å². The van der Waals surface area contributed by atoms with Gasteiger partial charge in [0.1, 0.15) is 11.8 Å². The van der Waals surface area contributed by atoms with Crippen LogP contribution in [0.25, 0.3) is 0 Å². The van der Waals surface area contributed by atoms with Gasteiger partial charge in [0.2, 0.25) is 5.91 Å². The molecule has 0 saturated carbocycles. The first kappa shape index (κ1) is 16.1. The summed E-state index contributed by atoms with van der Waals surface area (Å²) in [5.41, 5.74) is 1.87. The Morgan fingerprint density at radius 2 is 2.00 bits per heavy atom. The molecule has 2 aromatic carbocycles. The van der Waals surface area contributed by atoms with E-state index < -0.39 is 6.04 Å². The van der Waals surface area contributed by atoms with E-state index in [0.717, 1.165) is 11.1 Å². The Labute approximate surface area is 141 Å². The Hall–Kier alpha value is -2.82. The summed E-state index contributed by atoms with van der Waals surface area (Å²) in [7, 11) is 0. The number of nitrogens with zero attached hydrogens (tertiary/aromatic N) is 1. The SMILES string of the molecule is Cc1cccc(C2C(=O)NCCN2C(=O)COc2ccccc2)c1. The quantitative estimate of drug-likeness (QED) is 0.937. The highest BCUT2D eigenvalue weighted by Crippen LogP contribution is 2.24. The molecule has 1 unspecified atom stereocenters. The van der Waals surface area contributed by atoms with Crippen molar-refractivity contribution >= 4 is 11.8 Å². The van der Waals surface area contributed by atoms with Gasteiger partial charge in [-0.2, -0.15) is 0 Å². The summed E-state index contributed by atoms with van der Waals surface area (Å²) in [6, 6.07) is 16.3. The second-order valence-electron chi connectivity index (χ2n) is 5.80. The Balaban J connectivity index is 1.76. The smallest absolute Gasteiger partial charge is 0.261 e.